The Kier molecular flexibility index (Phi) is 2.69. The minimum atomic E-state index is -1.61. The van der Waals surface area contributed by atoms with Gasteiger partial charge in [-0.15, -0.1) is 0 Å². The van der Waals surface area contributed by atoms with Crippen molar-refractivity contribution in [3.05, 3.63) is 23.7 Å². The normalized spacial score (nSPS) is 12.1. The van der Waals surface area contributed by atoms with E-state index in [1.54, 1.807) is 26.8 Å². The molecule has 6 nitrogen and oxygen atoms in total. The molecule has 0 radical (unpaired) electrons. The molecule has 2 rings (SSSR count). The van der Waals surface area contributed by atoms with Crippen molar-refractivity contribution >= 4 is 18.2 Å². The number of aryl methyl sites for hydroxylation is 1. The van der Waals surface area contributed by atoms with E-state index in [2.05, 4.69) is 10.1 Å². The molecule has 0 atom stereocenters. The van der Waals surface area contributed by atoms with Gasteiger partial charge in [0.25, 0.3) is 0 Å². The summed E-state index contributed by atoms with van der Waals surface area (Å²) in [5, 5.41) is 32.7. The Morgan fingerprint density at radius 2 is 2.00 bits per heavy atom. The summed E-state index contributed by atoms with van der Waals surface area (Å²) in [6.45, 7) is 5.07. The van der Waals surface area contributed by atoms with Crippen LogP contribution in [0.5, 0.6) is 0 Å². The topological polar surface area (TPSA) is 90.9 Å². The first-order chi connectivity index (χ1) is 7.82. The highest BCUT2D eigenvalue weighted by Crippen LogP contribution is 2.22. The monoisotopic (exact) mass is 235 g/mol. The van der Waals surface area contributed by atoms with Gasteiger partial charge in [-0.1, -0.05) is 6.07 Å². The van der Waals surface area contributed by atoms with Crippen LogP contribution in [-0.2, 0) is 5.60 Å². The number of nitrogens with zero attached hydrogens (tertiary/aromatic N) is 3. The Labute approximate surface area is 98.7 Å². The van der Waals surface area contributed by atoms with Crippen LogP contribution in [0.25, 0.3) is 5.65 Å². The summed E-state index contributed by atoms with van der Waals surface area (Å²) < 4.78 is 1.43. The van der Waals surface area contributed by atoms with Gasteiger partial charge in [-0.2, -0.15) is 5.10 Å². The van der Waals surface area contributed by atoms with E-state index in [4.69, 9.17) is 0 Å². The van der Waals surface area contributed by atoms with Crippen molar-refractivity contribution in [2.45, 2.75) is 26.4 Å². The predicted molar refractivity (Wildman–Crippen MR) is 62.8 cm³/mol. The molecule has 0 aliphatic rings. The Bertz CT molecular complexity index is 560. The molecule has 0 bridgehead atoms. The lowest BCUT2D eigenvalue weighted by Crippen LogP contribution is -2.34. The summed E-state index contributed by atoms with van der Waals surface area (Å²) >= 11 is 0. The molecule has 0 aliphatic heterocycles. The van der Waals surface area contributed by atoms with Gasteiger partial charge in [-0.3, -0.25) is 0 Å². The molecular formula is C10H14BN3O3. The Morgan fingerprint density at radius 1 is 1.35 bits per heavy atom. The van der Waals surface area contributed by atoms with Gasteiger partial charge in [-0.25, -0.2) is 9.50 Å². The molecule has 7 heteroatoms. The van der Waals surface area contributed by atoms with E-state index >= 15 is 0 Å². The predicted octanol–water partition coefficient (Wildman–Crippen LogP) is -1.06. The highest BCUT2D eigenvalue weighted by Gasteiger charge is 2.27. The van der Waals surface area contributed by atoms with Crippen LogP contribution in [0.1, 0.15) is 25.1 Å². The summed E-state index contributed by atoms with van der Waals surface area (Å²) in [7, 11) is -1.61. The number of hydrogen-bond donors (Lipinski definition) is 3. The van der Waals surface area contributed by atoms with E-state index in [1.165, 1.54) is 10.8 Å². The lowest BCUT2D eigenvalue weighted by Gasteiger charge is -2.22. The van der Waals surface area contributed by atoms with E-state index in [0.29, 0.717) is 11.3 Å². The second kappa shape index (κ2) is 3.80. The summed E-state index contributed by atoms with van der Waals surface area (Å²) in [6, 6.07) is 1.60. The molecule has 2 aromatic heterocycles. The third kappa shape index (κ3) is 1.92. The van der Waals surface area contributed by atoms with E-state index in [9.17, 15) is 15.2 Å². The van der Waals surface area contributed by atoms with Gasteiger partial charge in [0.1, 0.15) is 11.9 Å². The number of fused-ring (bicyclic) bond motifs is 1. The zero-order valence-electron chi connectivity index (χ0n) is 9.92. The number of aliphatic hydroxyl groups is 1. The van der Waals surface area contributed by atoms with Crippen LogP contribution in [0.3, 0.4) is 0 Å². The van der Waals surface area contributed by atoms with E-state index < -0.39 is 12.7 Å². The van der Waals surface area contributed by atoms with Gasteiger partial charge < -0.3 is 15.2 Å². The van der Waals surface area contributed by atoms with Crippen LogP contribution in [-0.4, -0.2) is 36.9 Å². The Balaban J connectivity index is 2.85. The van der Waals surface area contributed by atoms with Crippen LogP contribution in [0.4, 0.5) is 0 Å². The molecule has 0 fully saturated rings. The highest BCUT2D eigenvalue weighted by atomic mass is 16.4. The molecule has 0 spiro atoms. The molecule has 17 heavy (non-hydrogen) atoms. The SMILES string of the molecule is Cc1cc(B(O)O)c2ncnn2c1C(C)(C)O. The Morgan fingerprint density at radius 3 is 2.53 bits per heavy atom. The molecule has 0 saturated carbocycles. The maximum Gasteiger partial charge on any atom is 0.492 e. The van der Waals surface area contributed by atoms with Crippen LogP contribution >= 0.6 is 0 Å². The van der Waals surface area contributed by atoms with Crippen molar-refractivity contribution in [1.82, 2.24) is 14.6 Å². The molecular weight excluding hydrogens is 221 g/mol. The first-order valence-electron chi connectivity index (χ1n) is 5.24. The molecule has 0 saturated heterocycles. The second-order valence-corrected chi connectivity index (χ2v) is 4.56. The fraction of sp³-hybridized carbons (Fsp3) is 0.400. The lowest BCUT2D eigenvalue weighted by atomic mass is 9.79. The molecule has 3 N–H and O–H groups in total. The smallest absolute Gasteiger partial charge is 0.423 e. The molecule has 0 aromatic carbocycles. The summed E-state index contributed by atoms with van der Waals surface area (Å²) in [5.74, 6) is 0. The van der Waals surface area contributed by atoms with Crippen LogP contribution < -0.4 is 5.46 Å². The average Bonchev–Trinajstić information content (AvgIpc) is 2.61. The van der Waals surface area contributed by atoms with Crippen LogP contribution in [0.2, 0.25) is 0 Å². The lowest BCUT2D eigenvalue weighted by molar-refractivity contribution is 0.0707. The van der Waals surface area contributed by atoms with Crippen LogP contribution in [0.15, 0.2) is 12.4 Å². The van der Waals surface area contributed by atoms with E-state index in [0.717, 1.165) is 5.56 Å². The Hall–Kier alpha value is -1.44. The summed E-state index contributed by atoms with van der Waals surface area (Å²) in [4.78, 5) is 3.98. The number of aromatic nitrogens is 3. The number of rotatable bonds is 2. The van der Waals surface area contributed by atoms with Gasteiger partial charge >= 0.3 is 7.12 Å². The van der Waals surface area contributed by atoms with Crippen molar-refractivity contribution < 1.29 is 15.2 Å². The highest BCUT2D eigenvalue weighted by molar-refractivity contribution is 6.60. The quantitative estimate of drug-likeness (QED) is 0.577. The van der Waals surface area contributed by atoms with Gasteiger partial charge in [0.05, 0.1) is 5.69 Å². The van der Waals surface area contributed by atoms with Crippen LogP contribution in [0, 0.1) is 6.92 Å². The standard InChI is InChI=1S/C10H14BN3O3/c1-6-4-7(11(16)17)9-12-5-13-14(9)8(6)10(2,3)15/h4-5,15-17H,1-3H3. The zero-order valence-corrected chi connectivity index (χ0v) is 9.92. The molecule has 90 valence electrons. The molecule has 0 aliphatic carbocycles. The first kappa shape index (κ1) is 12.0. The first-order valence-corrected chi connectivity index (χ1v) is 5.24. The van der Waals surface area contributed by atoms with Crippen molar-refractivity contribution in [2.75, 3.05) is 0 Å². The van der Waals surface area contributed by atoms with Crippen molar-refractivity contribution in [1.29, 1.82) is 0 Å². The molecule has 0 unspecified atom stereocenters. The van der Waals surface area contributed by atoms with Gasteiger partial charge in [-0.05, 0) is 26.3 Å². The largest absolute Gasteiger partial charge is 0.492 e. The van der Waals surface area contributed by atoms with E-state index in [-0.39, 0.29) is 5.46 Å². The zero-order chi connectivity index (χ0) is 12.8. The maximum absolute atomic E-state index is 10.1. The fourth-order valence-corrected chi connectivity index (χ4v) is 2.07. The second-order valence-electron chi connectivity index (χ2n) is 4.56. The van der Waals surface area contributed by atoms with Crippen molar-refractivity contribution in [3.63, 3.8) is 0 Å². The maximum atomic E-state index is 10.1. The number of pyridine rings is 1. The van der Waals surface area contributed by atoms with Crippen molar-refractivity contribution in [3.8, 4) is 0 Å². The average molecular weight is 235 g/mol. The third-order valence-corrected chi connectivity index (χ3v) is 2.62. The van der Waals surface area contributed by atoms with Gasteiger partial charge in [0.15, 0.2) is 5.65 Å². The summed E-state index contributed by atoms with van der Waals surface area (Å²) in [6.07, 6.45) is 1.32. The fourth-order valence-electron chi connectivity index (χ4n) is 2.07. The minimum Gasteiger partial charge on any atom is -0.423 e. The van der Waals surface area contributed by atoms with Gasteiger partial charge in [0, 0.05) is 5.46 Å². The minimum absolute atomic E-state index is 0.271. The van der Waals surface area contributed by atoms with Gasteiger partial charge in [0.2, 0.25) is 0 Å². The van der Waals surface area contributed by atoms with E-state index in [1.807, 2.05) is 0 Å². The molecule has 0 amide bonds. The molecule has 2 heterocycles. The molecule has 2 aromatic rings. The summed E-state index contributed by atoms with van der Waals surface area (Å²) in [5.41, 5.74) is 0.818. The van der Waals surface area contributed by atoms with Crippen molar-refractivity contribution in [2.24, 2.45) is 0 Å². The number of hydrogen-bond acceptors (Lipinski definition) is 5. The third-order valence-electron chi connectivity index (χ3n) is 2.62.